The lowest BCUT2D eigenvalue weighted by Gasteiger charge is -2.39. The zero-order valence-corrected chi connectivity index (χ0v) is 12.4. The highest BCUT2D eigenvalue weighted by Gasteiger charge is 2.44. The van der Waals surface area contributed by atoms with Crippen LogP contribution in [0.3, 0.4) is 0 Å². The largest absolute Gasteiger partial charge is 0.481 e. The van der Waals surface area contributed by atoms with Crippen molar-refractivity contribution in [3.05, 3.63) is 27.4 Å². The molecule has 0 unspecified atom stereocenters. The van der Waals surface area contributed by atoms with Gasteiger partial charge in [0.05, 0.1) is 15.4 Å². The number of rotatable bonds is 5. The molecule has 0 atom stereocenters. The van der Waals surface area contributed by atoms with Gasteiger partial charge >= 0.3 is 5.97 Å². The van der Waals surface area contributed by atoms with Crippen LogP contribution in [0.1, 0.15) is 27.7 Å². The van der Waals surface area contributed by atoms with Crippen LogP contribution in [0.4, 0.5) is 11.5 Å². The second kappa shape index (κ2) is 5.24. The van der Waals surface area contributed by atoms with E-state index in [1.165, 1.54) is 6.07 Å². The predicted octanol–water partition coefficient (Wildman–Crippen LogP) is 2.94. The standard InChI is InChI=1S/C12H16ClN3O4/c1-11(2,10(17)18)12(3,4)15-9-8(13)5-7(6-14-9)16(19)20/h5-6H,1-4H3,(H,14,15)(H,17,18). The molecule has 110 valence electrons. The lowest BCUT2D eigenvalue weighted by atomic mass is 9.74. The minimum absolute atomic E-state index is 0.0634. The molecule has 0 saturated carbocycles. The highest BCUT2D eigenvalue weighted by atomic mass is 35.5. The maximum atomic E-state index is 11.3. The van der Waals surface area contributed by atoms with Gasteiger partial charge in [0.25, 0.3) is 5.69 Å². The van der Waals surface area contributed by atoms with Gasteiger partial charge in [0.2, 0.25) is 0 Å². The second-order valence-electron chi connectivity index (χ2n) is 5.46. The molecule has 0 fully saturated rings. The molecular weight excluding hydrogens is 286 g/mol. The molecule has 8 heteroatoms. The quantitative estimate of drug-likeness (QED) is 0.640. The average molecular weight is 302 g/mol. The molecule has 0 amide bonds. The lowest BCUT2D eigenvalue weighted by Crippen LogP contribution is -2.50. The van der Waals surface area contributed by atoms with Crippen molar-refractivity contribution in [2.75, 3.05) is 5.32 Å². The zero-order valence-electron chi connectivity index (χ0n) is 11.6. The van der Waals surface area contributed by atoms with E-state index in [1.54, 1.807) is 27.7 Å². The Morgan fingerprint density at radius 2 is 2.00 bits per heavy atom. The Morgan fingerprint density at radius 3 is 2.40 bits per heavy atom. The number of pyridine rings is 1. The number of aromatic nitrogens is 1. The molecule has 0 saturated heterocycles. The van der Waals surface area contributed by atoms with Crippen LogP contribution >= 0.6 is 11.6 Å². The number of hydrogen-bond donors (Lipinski definition) is 2. The Kier molecular flexibility index (Phi) is 4.24. The number of nitrogens with one attached hydrogen (secondary N) is 1. The smallest absolute Gasteiger partial charge is 0.311 e. The molecule has 0 aromatic carbocycles. The van der Waals surface area contributed by atoms with Gasteiger partial charge in [0.15, 0.2) is 0 Å². The third kappa shape index (κ3) is 2.98. The van der Waals surface area contributed by atoms with Crippen LogP contribution < -0.4 is 5.32 Å². The molecule has 0 spiro atoms. The van der Waals surface area contributed by atoms with Gasteiger partial charge in [-0.2, -0.15) is 0 Å². The van der Waals surface area contributed by atoms with Crippen LogP contribution in [-0.4, -0.2) is 26.5 Å². The molecule has 1 aromatic heterocycles. The summed E-state index contributed by atoms with van der Waals surface area (Å²) in [6.45, 7) is 6.53. The van der Waals surface area contributed by atoms with Crippen LogP contribution in [-0.2, 0) is 4.79 Å². The number of anilines is 1. The summed E-state index contributed by atoms with van der Waals surface area (Å²) in [4.78, 5) is 25.2. The molecule has 0 aliphatic heterocycles. The van der Waals surface area contributed by atoms with E-state index in [0.29, 0.717) is 0 Å². The van der Waals surface area contributed by atoms with Gasteiger partial charge in [-0.05, 0) is 27.7 Å². The Balaban J connectivity index is 3.10. The number of nitro groups is 1. The minimum Gasteiger partial charge on any atom is -0.481 e. The maximum absolute atomic E-state index is 11.3. The van der Waals surface area contributed by atoms with Gasteiger partial charge < -0.3 is 10.4 Å². The Labute approximate surface area is 121 Å². The molecule has 1 aromatic rings. The normalized spacial score (nSPS) is 12.1. The fraction of sp³-hybridized carbons (Fsp3) is 0.500. The van der Waals surface area contributed by atoms with E-state index >= 15 is 0 Å². The number of carbonyl (C=O) groups is 1. The van der Waals surface area contributed by atoms with Crippen molar-refractivity contribution in [3.8, 4) is 0 Å². The van der Waals surface area contributed by atoms with Gasteiger partial charge in [0.1, 0.15) is 12.0 Å². The average Bonchev–Trinajstić information content (AvgIpc) is 2.30. The van der Waals surface area contributed by atoms with Gasteiger partial charge in [-0.15, -0.1) is 0 Å². The molecule has 1 rings (SSSR count). The molecule has 0 bridgehead atoms. The second-order valence-corrected chi connectivity index (χ2v) is 5.87. The van der Waals surface area contributed by atoms with Crippen molar-refractivity contribution in [2.24, 2.45) is 5.41 Å². The Morgan fingerprint density at radius 1 is 1.45 bits per heavy atom. The number of nitrogens with zero attached hydrogens (tertiary/aromatic N) is 2. The van der Waals surface area contributed by atoms with E-state index in [9.17, 15) is 20.0 Å². The van der Waals surface area contributed by atoms with Crippen molar-refractivity contribution in [1.29, 1.82) is 0 Å². The number of halogens is 1. The van der Waals surface area contributed by atoms with Crippen molar-refractivity contribution in [1.82, 2.24) is 4.98 Å². The predicted molar refractivity (Wildman–Crippen MR) is 75.0 cm³/mol. The first-order valence-electron chi connectivity index (χ1n) is 5.80. The summed E-state index contributed by atoms with van der Waals surface area (Å²) in [5, 5.41) is 22.9. The van der Waals surface area contributed by atoms with Crippen molar-refractivity contribution in [2.45, 2.75) is 33.2 Å². The van der Waals surface area contributed by atoms with Gasteiger partial charge in [-0.1, -0.05) is 11.6 Å². The third-order valence-electron chi connectivity index (χ3n) is 3.57. The molecule has 7 nitrogen and oxygen atoms in total. The molecule has 20 heavy (non-hydrogen) atoms. The monoisotopic (exact) mass is 301 g/mol. The van der Waals surface area contributed by atoms with Crippen molar-refractivity contribution in [3.63, 3.8) is 0 Å². The first-order valence-corrected chi connectivity index (χ1v) is 6.18. The van der Waals surface area contributed by atoms with Crippen LogP contribution in [0.15, 0.2) is 12.3 Å². The van der Waals surface area contributed by atoms with Crippen LogP contribution in [0.2, 0.25) is 5.02 Å². The highest BCUT2D eigenvalue weighted by molar-refractivity contribution is 6.33. The Bertz CT molecular complexity index is 558. The van der Waals surface area contributed by atoms with Gasteiger partial charge in [-0.3, -0.25) is 14.9 Å². The first kappa shape index (κ1) is 16.2. The van der Waals surface area contributed by atoms with Gasteiger partial charge in [-0.25, -0.2) is 4.98 Å². The van der Waals surface area contributed by atoms with Crippen LogP contribution in [0, 0.1) is 15.5 Å². The number of carboxylic acids is 1. The molecular formula is C12H16ClN3O4. The van der Waals surface area contributed by atoms with Crippen LogP contribution in [0.5, 0.6) is 0 Å². The topological polar surface area (TPSA) is 105 Å². The molecule has 0 aliphatic carbocycles. The third-order valence-corrected chi connectivity index (χ3v) is 3.85. The van der Waals surface area contributed by atoms with E-state index in [1.807, 2.05) is 0 Å². The van der Waals surface area contributed by atoms with Crippen molar-refractivity contribution >= 4 is 29.1 Å². The van der Waals surface area contributed by atoms with Crippen molar-refractivity contribution < 1.29 is 14.8 Å². The summed E-state index contributed by atoms with van der Waals surface area (Å²) in [6.07, 6.45) is 1.07. The molecule has 0 radical (unpaired) electrons. The zero-order chi connectivity index (χ0) is 15.7. The summed E-state index contributed by atoms with van der Waals surface area (Å²) in [6, 6.07) is 1.17. The van der Waals surface area contributed by atoms with E-state index in [0.717, 1.165) is 6.20 Å². The highest BCUT2D eigenvalue weighted by Crippen LogP contribution is 2.35. The lowest BCUT2D eigenvalue weighted by molar-refractivity contribution is -0.385. The summed E-state index contributed by atoms with van der Waals surface area (Å²) in [5.41, 5.74) is -2.19. The van der Waals surface area contributed by atoms with E-state index in [4.69, 9.17) is 11.6 Å². The maximum Gasteiger partial charge on any atom is 0.311 e. The first-order chi connectivity index (χ1) is 8.99. The van der Waals surface area contributed by atoms with Crippen LogP contribution in [0.25, 0.3) is 0 Å². The number of hydrogen-bond acceptors (Lipinski definition) is 5. The summed E-state index contributed by atoms with van der Waals surface area (Å²) >= 11 is 5.93. The van der Waals surface area contributed by atoms with Gasteiger partial charge in [0, 0.05) is 11.6 Å². The van der Waals surface area contributed by atoms with E-state index in [-0.39, 0.29) is 16.5 Å². The molecule has 1 heterocycles. The SMILES string of the molecule is CC(C)(Nc1ncc([N+](=O)[O-])cc1Cl)C(C)(C)C(=O)O. The minimum atomic E-state index is -1.10. The fourth-order valence-corrected chi connectivity index (χ4v) is 1.55. The van der Waals surface area contributed by atoms with E-state index in [2.05, 4.69) is 10.3 Å². The molecule has 0 aliphatic rings. The molecule has 2 N–H and O–H groups in total. The number of carboxylic acid groups (broad SMARTS) is 1. The summed E-state index contributed by atoms with van der Waals surface area (Å²) < 4.78 is 0. The Hall–Kier alpha value is -1.89. The summed E-state index contributed by atoms with van der Waals surface area (Å²) in [7, 11) is 0. The fourth-order valence-electron chi connectivity index (χ4n) is 1.34. The van der Waals surface area contributed by atoms with E-state index < -0.39 is 21.8 Å². The summed E-state index contributed by atoms with van der Waals surface area (Å²) in [5.74, 6) is -0.773. The number of aliphatic carboxylic acids is 1.